The highest BCUT2D eigenvalue weighted by molar-refractivity contribution is 6.06. The van der Waals surface area contributed by atoms with Gasteiger partial charge in [-0.2, -0.15) is 0 Å². The van der Waals surface area contributed by atoms with Gasteiger partial charge in [0.2, 0.25) is 5.91 Å². The number of aliphatic hydroxyl groups excluding tert-OH is 4. The third-order valence-corrected chi connectivity index (χ3v) is 12.7. The Bertz CT molecular complexity index is 958. The molecule has 0 aliphatic heterocycles. The Kier molecular flexibility index (Phi) is 9.26. The highest BCUT2D eigenvalue weighted by Crippen LogP contribution is 2.59. The maximum atomic E-state index is 13.3. The van der Waals surface area contributed by atoms with Gasteiger partial charge in [0.15, 0.2) is 11.4 Å². The van der Waals surface area contributed by atoms with Gasteiger partial charge in [-0.05, 0) is 93.3 Å². The fourth-order valence-electron chi connectivity index (χ4n) is 10.6. The van der Waals surface area contributed by atoms with Gasteiger partial charge in [-0.1, -0.05) is 26.7 Å². The molecule has 9 heteroatoms. The second-order valence-electron chi connectivity index (χ2n) is 14.4. The Morgan fingerprint density at radius 2 is 1.63 bits per heavy atom. The van der Waals surface area contributed by atoms with Crippen LogP contribution in [0, 0.1) is 59.2 Å². The van der Waals surface area contributed by atoms with E-state index in [0.717, 1.165) is 31.6 Å². The molecule has 0 spiro atoms. The number of primary amides is 1. The van der Waals surface area contributed by atoms with E-state index in [1.165, 1.54) is 19.3 Å². The lowest BCUT2D eigenvalue weighted by Crippen LogP contribution is -2.72. The van der Waals surface area contributed by atoms with E-state index in [9.17, 15) is 35.1 Å². The molecule has 0 aromatic heterocycles. The maximum Gasteiger partial charge on any atom is 0.230 e. The third kappa shape index (κ3) is 5.20. The van der Waals surface area contributed by atoms with Crippen LogP contribution in [0.3, 0.4) is 0 Å². The van der Waals surface area contributed by atoms with Crippen molar-refractivity contribution in [2.45, 2.75) is 121 Å². The summed E-state index contributed by atoms with van der Waals surface area (Å²) in [6.45, 7) is 4.54. The first-order chi connectivity index (χ1) is 19.5. The number of rotatable bonds is 7. The molecule has 0 radical (unpaired) electrons. The van der Waals surface area contributed by atoms with Crippen LogP contribution in [0.15, 0.2) is 0 Å². The number of amides is 1. The van der Waals surface area contributed by atoms with Gasteiger partial charge in [-0.25, -0.2) is 0 Å². The van der Waals surface area contributed by atoms with Gasteiger partial charge in [0.25, 0.3) is 0 Å². The Balaban J connectivity index is 1.41. The fraction of sp³-hybridized carbons (Fsp3) is 0.938. The normalized spacial score (nSPS) is 50.1. The lowest BCUT2D eigenvalue weighted by Gasteiger charge is -2.61. The summed E-state index contributed by atoms with van der Waals surface area (Å²) in [7, 11) is 1.79. The summed E-state index contributed by atoms with van der Waals surface area (Å²) in [4.78, 5) is 25.3. The average molecular weight is 580 g/mol. The van der Waals surface area contributed by atoms with Gasteiger partial charge in [0.05, 0.1) is 30.5 Å². The van der Waals surface area contributed by atoms with Crippen molar-refractivity contribution in [2.24, 2.45) is 64.9 Å². The van der Waals surface area contributed by atoms with Crippen molar-refractivity contribution < 1.29 is 39.9 Å². The molecule has 0 bridgehead atoms. The molecule has 0 aromatic rings. The van der Waals surface area contributed by atoms with Gasteiger partial charge < -0.3 is 36.0 Å². The van der Waals surface area contributed by atoms with E-state index in [-0.39, 0.29) is 30.3 Å². The lowest BCUT2D eigenvalue weighted by molar-refractivity contribution is -0.244. The molecule has 5 saturated carbocycles. The number of carbonyl (C=O) groups excluding carboxylic acids is 2. The molecule has 7 N–H and O–H groups in total. The zero-order valence-electron chi connectivity index (χ0n) is 25.0. The van der Waals surface area contributed by atoms with Crippen molar-refractivity contribution in [3.63, 3.8) is 0 Å². The number of fused-ring (bicyclic) bond motifs is 3. The number of aliphatic hydroxyl groups is 5. The summed E-state index contributed by atoms with van der Waals surface area (Å²) >= 11 is 0. The molecule has 9 nitrogen and oxygen atoms in total. The van der Waals surface area contributed by atoms with Crippen molar-refractivity contribution in [3.05, 3.63) is 0 Å². The Hall–Kier alpha value is -1.10. The predicted molar refractivity (Wildman–Crippen MR) is 151 cm³/mol. The summed E-state index contributed by atoms with van der Waals surface area (Å²) in [6.07, 6.45) is 4.69. The molecule has 41 heavy (non-hydrogen) atoms. The Labute approximate surface area is 244 Å². The predicted octanol–water partition coefficient (Wildman–Crippen LogP) is 1.79. The number of ketones is 1. The van der Waals surface area contributed by atoms with Crippen LogP contribution >= 0.6 is 0 Å². The monoisotopic (exact) mass is 579 g/mol. The van der Waals surface area contributed by atoms with Crippen LogP contribution in [0.25, 0.3) is 0 Å². The first-order valence-corrected chi connectivity index (χ1v) is 16.3. The van der Waals surface area contributed by atoms with Crippen LogP contribution in [0.1, 0.15) is 84.5 Å². The van der Waals surface area contributed by atoms with E-state index in [1.54, 1.807) is 7.11 Å². The number of nitrogens with two attached hydrogens (primary N) is 1. The van der Waals surface area contributed by atoms with E-state index >= 15 is 0 Å². The molecular weight excluding hydrogens is 526 g/mol. The average Bonchev–Trinajstić information content (AvgIpc) is 2.93. The SMILES string of the molecule is CCC(CC)CC1CCC(OC)C(C2CCC(O)C3C(O)C4C(O)[C@]5(O)C(=O)C(C(N)=O)C(O)C[C@@H]5C[C@@H]4CC23)C1. The number of carbonyl (C=O) groups is 2. The van der Waals surface area contributed by atoms with Gasteiger partial charge in [0.1, 0.15) is 5.92 Å². The molecule has 15 atom stereocenters. The summed E-state index contributed by atoms with van der Waals surface area (Å²) < 4.78 is 6.06. The minimum absolute atomic E-state index is 0.0154. The summed E-state index contributed by atoms with van der Waals surface area (Å²) in [6, 6.07) is 0. The topological polar surface area (TPSA) is 171 Å². The first kappa shape index (κ1) is 31.3. The number of hydrogen-bond donors (Lipinski definition) is 6. The van der Waals surface area contributed by atoms with Crippen LogP contribution < -0.4 is 5.73 Å². The van der Waals surface area contributed by atoms with Crippen molar-refractivity contribution in [3.8, 4) is 0 Å². The minimum Gasteiger partial charge on any atom is -0.393 e. The van der Waals surface area contributed by atoms with Gasteiger partial charge in [0, 0.05) is 24.9 Å². The number of ether oxygens (including phenoxy) is 1. The molecule has 12 unspecified atom stereocenters. The fourth-order valence-corrected chi connectivity index (χ4v) is 10.6. The highest BCUT2D eigenvalue weighted by atomic mass is 16.5. The lowest BCUT2D eigenvalue weighted by atomic mass is 9.47. The van der Waals surface area contributed by atoms with Crippen LogP contribution in [-0.4, -0.2) is 80.5 Å². The smallest absolute Gasteiger partial charge is 0.230 e. The molecular formula is C32H53NO8. The largest absolute Gasteiger partial charge is 0.393 e. The van der Waals surface area contributed by atoms with Crippen LogP contribution in [0.2, 0.25) is 0 Å². The zero-order chi connectivity index (χ0) is 29.8. The van der Waals surface area contributed by atoms with Crippen molar-refractivity contribution in [1.82, 2.24) is 0 Å². The molecule has 5 rings (SSSR count). The van der Waals surface area contributed by atoms with Crippen molar-refractivity contribution in [1.29, 1.82) is 0 Å². The Morgan fingerprint density at radius 3 is 2.27 bits per heavy atom. The Morgan fingerprint density at radius 1 is 0.927 bits per heavy atom. The van der Waals surface area contributed by atoms with Crippen LogP contribution in [-0.2, 0) is 14.3 Å². The first-order valence-electron chi connectivity index (χ1n) is 16.3. The standard InChI is InChI=1S/C32H53NO8/c1-4-15(5-2)10-16-6-9-24(41-3)20(11-16)19-7-8-22(34)26-21(19)13-17-12-18-14-23(35)27(31(33)39)30(38)32(18,40)29(37)25(17)28(26)36/h15-29,34-37,40H,4-14H2,1-3H3,(H2,33,39)/t16?,17-,18+,19?,20?,21?,22?,23?,24?,25?,26?,27?,28?,29?,32+/m1/s1. The number of hydrogen-bond acceptors (Lipinski definition) is 8. The quantitative estimate of drug-likeness (QED) is 0.248. The number of Topliss-reactive ketones (excluding diaryl/α,β-unsaturated/α-hetero) is 1. The molecule has 1 amide bonds. The number of methoxy groups -OCH3 is 1. The molecule has 5 aliphatic rings. The van der Waals surface area contributed by atoms with Gasteiger partial charge in [-0.15, -0.1) is 0 Å². The molecule has 5 fully saturated rings. The second-order valence-corrected chi connectivity index (χ2v) is 14.4. The van der Waals surface area contributed by atoms with Crippen LogP contribution in [0.5, 0.6) is 0 Å². The molecule has 0 saturated heterocycles. The van der Waals surface area contributed by atoms with Gasteiger partial charge in [-0.3, -0.25) is 9.59 Å². The third-order valence-electron chi connectivity index (χ3n) is 12.7. The van der Waals surface area contributed by atoms with Crippen molar-refractivity contribution in [2.75, 3.05) is 7.11 Å². The van der Waals surface area contributed by atoms with E-state index in [1.807, 2.05) is 0 Å². The maximum absolute atomic E-state index is 13.3. The summed E-state index contributed by atoms with van der Waals surface area (Å²) in [5.74, 6) is -3.79. The molecule has 0 heterocycles. The van der Waals surface area contributed by atoms with Crippen molar-refractivity contribution >= 4 is 11.7 Å². The molecule has 234 valence electrons. The van der Waals surface area contributed by atoms with Gasteiger partial charge >= 0.3 is 0 Å². The van der Waals surface area contributed by atoms with E-state index in [0.29, 0.717) is 31.1 Å². The van der Waals surface area contributed by atoms with E-state index in [4.69, 9.17) is 10.5 Å². The molecule has 0 aromatic carbocycles. The van der Waals surface area contributed by atoms with E-state index < -0.39 is 65.4 Å². The van der Waals surface area contributed by atoms with E-state index in [2.05, 4.69) is 13.8 Å². The highest BCUT2D eigenvalue weighted by Gasteiger charge is 2.67. The zero-order valence-corrected chi connectivity index (χ0v) is 25.0. The summed E-state index contributed by atoms with van der Waals surface area (Å²) in [5.41, 5.74) is 3.13. The minimum atomic E-state index is -2.26. The summed E-state index contributed by atoms with van der Waals surface area (Å²) in [5, 5.41) is 56.8. The van der Waals surface area contributed by atoms with Crippen LogP contribution in [0.4, 0.5) is 0 Å². The second kappa shape index (κ2) is 12.1. The molecule has 5 aliphatic carbocycles.